The number of methoxy groups -OCH3 is 1. The number of halogens is 2. The summed E-state index contributed by atoms with van der Waals surface area (Å²) in [7, 11) is 1.34. The van der Waals surface area contributed by atoms with Gasteiger partial charge in [0.2, 0.25) is 0 Å². The lowest BCUT2D eigenvalue weighted by atomic mass is 9.95. The van der Waals surface area contributed by atoms with Crippen LogP contribution in [0.2, 0.25) is 5.02 Å². The van der Waals surface area contributed by atoms with E-state index in [9.17, 15) is 9.59 Å². The van der Waals surface area contributed by atoms with Crippen molar-refractivity contribution >= 4 is 61.8 Å². The number of aromatic nitrogens is 2. The number of hydrogen-bond acceptors (Lipinski definition) is 6. The maximum atomic E-state index is 14.5. The monoisotopic (exact) mass is 717 g/mol. The highest BCUT2D eigenvalue weighted by atomic mass is 79.9. The number of rotatable bonds is 7. The van der Waals surface area contributed by atoms with E-state index in [1.54, 1.807) is 11.5 Å². The molecule has 0 unspecified atom stereocenters. The zero-order chi connectivity index (χ0) is 32.9. The molecule has 1 aliphatic heterocycles. The van der Waals surface area contributed by atoms with Gasteiger partial charge in [0.05, 0.1) is 34.5 Å². The van der Waals surface area contributed by atoms with E-state index < -0.39 is 12.0 Å². The number of fused-ring (bicyclic) bond motifs is 2. The first-order chi connectivity index (χ1) is 22.0. The summed E-state index contributed by atoms with van der Waals surface area (Å²) >= 11 is 11.0. The lowest BCUT2D eigenvalue weighted by molar-refractivity contribution is -0.136. The smallest absolute Gasteiger partial charge is 0.338 e. The number of esters is 1. The van der Waals surface area contributed by atoms with Crippen LogP contribution in [0.15, 0.2) is 86.2 Å². The van der Waals surface area contributed by atoms with Crippen LogP contribution < -0.4 is 19.6 Å². The Balaban J connectivity index is 1.59. The van der Waals surface area contributed by atoms with Gasteiger partial charge in [0.15, 0.2) is 4.80 Å². The Hall–Kier alpha value is -3.92. The third-order valence-electron chi connectivity index (χ3n) is 8.18. The number of allylic oxidation sites excluding steroid dienone is 1. The number of thiazole rings is 1. The van der Waals surface area contributed by atoms with Crippen LogP contribution >= 0.6 is 38.9 Å². The van der Waals surface area contributed by atoms with Crippen LogP contribution in [0.25, 0.3) is 17.0 Å². The molecule has 46 heavy (non-hydrogen) atoms. The van der Waals surface area contributed by atoms with Crippen LogP contribution in [-0.4, -0.2) is 28.3 Å². The van der Waals surface area contributed by atoms with Crippen LogP contribution in [0, 0.1) is 13.8 Å². The zero-order valence-electron chi connectivity index (χ0n) is 26.4. The minimum absolute atomic E-state index is 0.126. The summed E-state index contributed by atoms with van der Waals surface area (Å²) in [5.41, 5.74) is 6.57. The van der Waals surface area contributed by atoms with Gasteiger partial charge in [0, 0.05) is 38.2 Å². The Kier molecular flexibility index (Phi) is 8.85. The van der Waals surface area contributed by atoms with Crippen LogP contribution in [0.4, 0.5) is 0 Å². The SMILES string of the molecule is COC(=O)C1=C(C)N=c2s/c(=C\c3c(C)n(Cc4ccc(Cl)cc4)c4c(C)cccc34)c(=O)n2[C@H]1c1cc(Br)ccc1OC(C)C. The van der Waals surface area contributed by atoms with Crippen LogP contribution in [0.5, 0.6) is 5.75 Å². The number of carbonyl (C=O) groups is 1. The Morgan fingerprint density at radius 1 is 1.11 bits per heavy atom. The van der Waals surface area contributed by atoms with Crippen molar-refractivity contribution in [1.82, 2.24) is 9.13 Å². The number of para-hydroxylation sites is 1. The average Bonchev–Trinajstić information content (AvgIpc) is 3.46. The van der Waals surface area contributed by atoms with Crippen molar-refractivity contribution in [2.24, 2.45) is 4.99 Å². The van der Waals surface area contributed by atoms with Crippen LogP contribution in [0.1, 0.15) is 54.8 Å². The molecule has 3 heterocycles. The highest BCUT2D eigenvalue weighted by molar-refractivity contribution is 9.10. The second kappa shape index (κ2) is 12.7. The van der Waals surface area contributed by atoms with Gasteiger partial charge in [-0.1, -0.05) is 69.2 Å². The number of carbonyl (C=O) groups excluding carboxylic acids is 1. The summed E-state index contributed by atoms with van der Waals surface area (Å²) in [5.74, 6) is 0.0260. The molecule has 0 aliphatic carbocycles. The first-order valence-electron chi connectivity index (χ1n) is 14.9. The van der Waals surface area contributed by atoms with Gasteiger partial charge in [-0.25, -0.2) is 9.79 Å². The van der Waals surface area contributed by atoms with Gasteiger partial charge in [-0.3, -0.25) is 9.36 Å². The predicted octanol–water partition coefficient (Wildman–Crippen LogP) is 7.23. The fourth-order valence-electron chi connectivity index (χ4n) is 6.11. The molecular weight excluding hydrogens is 686 g/mol. The molecule has 6 rings (SSSR count). The normalized spacial score (nSPS) is 15.0. The predicted molar refractivity (Wildman–Crippen MR) is 188 cm³/mol. The lowest BCUT2D eigenvalue weighted by Crippen LogP contribution is -2.40. The number of hydrogen-bond donors (Lipinski definition) is 0. The molecule has 2 aromatic heterocycles. The van der Waals surface area contributed by atoms with E-state index in [2.05, 4.69) is 46.5 Å². The van der Waals surface area contributed by atoms with Gasteiger partial charge in [-0.15, -0.1) is 0 Å². The Morgan fingerprint density at radius 2 is 1.85 bits per heavy atom. The first-order valence-corrected chi connectivity index (χ1v) is 16.9. The molecule has 0 amide bonds. The molecule has 0 radical (unpaired) electrons. The van der Waals surface area contributed by atoms with Gasteiger partial charge >= 0.3 is 5.97 Å². The van der Waals surface area contributed by atoms with E-state index in [-0.39, 0.29) is 11.7 Å². The Morgan fingerprint density at radius 3 is 2.54 bits per heavy atom. The van der Waals surface area contributed by atoms with E-state index in [0.717, 1.165) is 37.8 Å². The lowest BCUT2D eigenvalue weighted by Gasteiger charge is -2.26. The van der Waals surface area contributed by atoms with E-state index in [1.165, 1.54) is 18.4 Å². The summed E-state index contributed by atoms with van der Waals surface area (Å²) in [4.78, 5) is 33.0. The minimum Gasteiger partial charge on any atom is -0.491 e. The largest absolute Gasteiger partial charge is 0.491 e. The summed E-state index contributed by atoms with van der Waals surface area (Å²) in [5, 5.41) is 1.75. The zero-order valence-corrected chi connectivity index (χ0v) is 29.5. The Labute approximate surface area is 284 Å². The summed E-state index contributed by atoms with van der Waals surface area (Å²) in [6.07, 6.45) is 1.83. The third kappa shape index (κ3) is 5.76. The molecule has 1 aliphatic rings. The highest BCUT2D eigenvalue weighted by Crippen LogP contribution is 2.38. The van der Waals surface area contributed by atoms with E-state index >= 15 is 0 Å². The second-order valence-corrected chi connectivity index (χ2v) is 14.0. The molecule has 0 fully saturated rings. The summed E-state index contributed by atoms with van der Waals surface area (Å²) in [6, 6.07) is 18.9. The molecular formula is C36H33BrClN3O4S. The van der Waals surface area contributed by atoms with E-state index in [0.29, 0.717) is 43.5 Å². The molecule has 0 N–H and O–H groups in total. The maximum absolute atomic E-state index is 14.5. The van der Waals surface area contributed by atoms with Crippen molar-refractivity contribution < 1.29 is 14.3 Å². The molecule has 7 nitrogen and oxygen atoms in total. The van der Waals surface area contributed by atoms with Crippen molar-refractivity contribution in [3.63, 3.8) is 0 Å². The van der Waals surface area contributed by atoms with Crippen LogP contribution in [0.3, 0.4) is 0 Å². The molecule has 5 aromatic rings. The quantitative estimate of drug-likeness (QED) is 0.167. The fraction of sp³-hybridized carbons (Fsp3) is 0.250. The van der Waals surface area contributed by atoms with Crippen molar-refractivity contribution in [3.8, 4) is 5.75 Å². The second-order valence-electron chi connectivity index (χ2n) is 11.6. The number of ether oxygens (including phenoxy) is 2. The average molecular weight is 719 g/mol. The van der Waals surface area contributed by atoms with Gasteiger partial charge in [0.1, 0.15) is 11.8 Å². The molecule has 3 aromatic carbocycles. The number of aryl methyl sites for hydroxylation is 1. The highest BCUT2D eigenvalue weighted by Gasteiger charge is 2.35. The fourth-order valence-corrected chi connectivity index (χ4v) is 7.64. The standard InChI is InChI=1S/C36H33BrClN3O4S/c1-19(2)45-29-15-12-24(37)16-28(29)33-31(35(43)44-6)21(4)39-36-41(33)34(42)30(46-36)17-27-22(5)40(18-23-10-13-25(38)14-11-23)32-20(3)8-7-9-26(27)32/h7-17,19,33H,18H2,1-6H3/b30-17-/t33-/m0/s1. The first kappa shape index (κ1) is 32.0. The van der Waals surface area contributed by atoms with Gasteiger partial charge in [0.25, 0.3) is 5.56 Å². The van der Waals surface area contributed by atoms with Gasteiger partial charge in [-0.2, -0.15) is 0 Å². The van der Waals surface area contributed by atoms with E-state index in [1.807, 2.05) is 68.5 Å². The summed E-state index contributed by atoms with van der Waals surface area (Å²) < 4.78 is 16.6. The van der Waals surface area contributed by atoms with Crippen molar-refractivity contribution in [3.05, 3.63) is 129 Å². The maximum Gasteiger partial charge on any atom is 0.338 e. The van der Waals surface area contributed by atoms with Crippen molar-refractivity contribution in [1.29, 1.82) is 0 Å². The molecule has 0 saturated heterocycles. The topological polar surface area (TPSA) is 74.8 Å². The molecule has 236 valence electrons. The van der Waals surface area contributed by atoms with Crippen LogP contribution in [-0.2, 0) is 16.1 Å². The summed E-state index contributed by atoms with van der Waals surface area (Å²) in [6.45, 7) is 10.5. The molecule has 10 heteroatoms. The molecule has 0 spiro atoms. The molecule has 0 bridgehead atoms. The Bertz CT molecular complexity index is 2230. The van der Waals surface area contributed by atoms with Gasteiger partial charge in [-0.05, 0) is 82.2 Å². The van der Waals surface area contributed by atoms with E-state index in [4.69, 9.17) is 26.1 Å². The minimum atomic E-state index is -0.799. The number of nitrogens with zero attached hydrogens (tertiary/aromatic N) is 3. The van der Waals surface area contributed by atoms with Gasteiger partial charge < -0.3 is 14.0 Å². The molecule has 0 saturated carbocycles. The molecule has 1 atom stereocenters. The van der Waals surface area contributed by atoms with Crippen molar-refractivity contribution in [2.75, 3.05) is 7.11 Å². The number of benzene rings is 3. The van der Waals surface area contributed by atoms with Crippen molar-refractivity contribution in [2.45, 2.75) is 53.3 Å². The third-order valence-corrected chi connectivity index (χ3v) is 9.91.